The first-order valence-corrected chi connectivity index (χ1v) is 9.25. The summed E-state index contributed by atoms with van der Waals surface area (Å²) < 4.78 is 5.25. The van der Waals surface area contributed by atoms with Crippen molar-refractivity contribution in [2.24, 2.45) is 0 Å². The minimum atomic E-state index is 0.267. The van der Waals surface area contributed by atoms with Crippen LogP contribution in [-0.2, 0) is 4.79 Å². The molecule has 3 heterocycles. The van der Waals surface area contributed by atoms with Gasteiger partial charge in [-0.2, -0.15) is 11.8 Å². The second-order valence-electron chi connectivity index (χ2n) is 5.85. The summed E-state index contributed by atoms with van der Waals surface area (Å²) in [6.45, 7) is 4.17. The molecule has 0 aliphatic carbocycles. The topological polar surface area (TPSA) is 57.7 Å². The lowest BCUT2D eigenvalue weighted by Crippen LogP contribution is -2.51. The molecule has 0 radical (unpaired) electrons. The van der Waals surface area contributed by atoms with Crippen LogP contribution in [0.2, 0.25) is 0 Å². The van der Waals surface area contributed by atoms with Crippen molar-refractivity contribution in [3.8, 4) is 5.75 Å². The van der Waals surface area contributed by atoms with E-state index in [1.807, 2.05) is 28.8 Å². The molecule has 0 aromatic carbocycles. The predicted molar refractivity (Wildman–Crippen MR) is 93.3 cm³/mol. The smallest absolute Gasteiger partial charge is 0.224 e. The number of carbonyl (C=O) groups excluding carboxylic acids is 1. The van der Waals surface area contributed by atoms with E-state index in [1.165, 1.54) is 0 Å². The molecular weight excluding hydrogens is 312 g/mol. The van der Waals surface area contributed by atoms with Crippen molar-refractivity contribution >= 4 is 23.5 Å². The predicted octanol–water partition coefficient (Wildman–Crippen LogP) is 0.834. The first kappa shape index (κ1) is 16.4. The second-order valence-corrected chi connectivity index (χ2v) is 7.00. The molecule has 2 aliphatic rings. The van der Waals surface area contributed by atoms with Gasteiger partial charge >= 0.3 is 0 Å². The number of piperazine rings is 1. The van der Waals surface area contributed by atoms with E-state index in [4.69, 9.17) is 4.74 Å². The Kier molecular flexibility index (Phi) is 5.61. The standard InChI is InChI=1S/C16H24N4O2S/c1-22-14-2-3-18-15(11-14)19-5-7-20(8-6-19)16(21)10-13-12-23-9-4-17-13/h2-3,11,13,17H,4-10,12H2,1H3. The number of hydrogen-bond donors (Lipinski definition) is 1. The molecule has 6 nitrogen and oxygen atoms in total. The van der Waals surface area contributed by atoms with Crippen LogP contribution in [0.4, 0.5) is 5.82 Å². The average molecular weight is 336 g/mol. The third kappa shape index (κ3) is 4.29. The van der Waals surface area contributed by atoms with Crippen molar-refractivity contribution in [2.75, 3.05) is 56.2 Å². The number of amides is 1. The van der Waals surface area contributed by atoms with Gasteiger partial charge in [-0.1, -0.05) is 0 Å². The van der Waals surface area contributed by atoms with Crippen molar-refractivity contribution in [1.29, 1.82) is 0 Å². The highest BCUT2D eigenvalue weighted by atomic mass is 32.2. The van der Waals surface area contributed by atoms with E-state index in [9.17, 15) is 4.79 Å². The first-order valence-electron chi connectivity index (χ1n) is 8.10. The molecule has 7 heteroatoms. The fourth-order valence-corrected chi connectivity index (χ4v) is 3.92. The van der Waals surface area contributed by atoms with Crippen LogP contribution < -0.4 is 15.0 Å². The Morgan fingerprint density at radius 2 is 2.26 bits per heavy atom. The van der Waals surface area contributed by atoms with Gasteiger partial charge in [-0.15, -0.1) is 0 Å². The molecule has 1 amide bonds. The number of hydrogen-bond acceptors (Lipinski definition) is 6. The highest BCUT2D eigenvalue weighted by Crippen LogP contribution is 2.20. The number of nitrogens with one attached hydrogen (secondary N) is 1. The van der Waals surface area contributed by atoms with Gasteiger partial charge in [-0.3, -0.25) is 4.79 Å². The maximum atomic E-state index is 12.4. The molecule has 0 saturated carbocycles. The summed E-state index contributed by atoms with van der Waals surface area (Å²) >= 11 is 1.93. The van der Waals surface area contributed by atoms with Gasteiger partial charge in [0.15, 0.2) is 0 Å². The molecule has 2 aliphatic heterocycles. The van der Waals surface area contributed by atoms with Crippen LogP contribution in [-0.4, -0.2) is 73.2 Å². The van der Waals surface area contributed by atoms with Crippen LogP contribution >= 0.6 is 11.8 Å². The van der Waals surface area contributed by atoms with Gasteiger partial charge in [-0.05, 0) is 6.07 Å². The van der Waals surface area contributed by atoms with Gasteiger partial charge in [0, 0.05) is 69.0 Å². The number of thioether (sulfide) groups is 1. The van der Waals surface area contributed by atoms with Crippen molar-refractivity contribution in [3.05, 3.63) is 18.3 Å². The van der Waals surface area contributed by atoms with Crippen LogP contribution in [0.5, 0.6) is 5.75 Å². The van der Waals surface area contributed by atoms with E-state index in [0.29, 0.717) is 12.5 Å². The lowest BCUT2D eigenvalue weighted by Gasteiger charge is -2.36. The van der Waals surface area contributed by atoms with Crippen molar-refractivity contribution in [3.63, 3.8) is 0 Å². The lowest BCUT2D eigenvalue weighted by molar-refractivity contribution is -0.131. The summed E-state index contributed by atoms with van der Waals surface area (Å²) in [6, 6.07) is 4.12. The Labute approximate surface area is 141 Å². The first-order chi connectivity index (χ1) is 11.3. The molecule has 0 spiro atoms. The zero-order valence-corrected chi connectivity index (χ0v) is 14.3. The summed E-state index contributed by atoms with van der Waals surface area (Å²) in [6.07, 6.45) is 2.38. The number of nitrogens with zero attached hydrogens (tertiary/aromatic N) is 3. The van der Waals surface area contributed by atoms with Crippen LogP contribution in [0.3, 0.4) is 0 Å². The number of carbonyl (C=O) groups is 1. The fraction of sp³-hybridized carbons (Fsp3) is 0.625. The van der Waals surface area contributed by atoms with Gasteiger partial charge in [-0.25, -0.2) is 4.98 Å². The Balaban J connectivity index is 1.50. The summed E-state index contributed by atoms with van der Waals surface area (Å²) in [5, 5.41) is 3.43. The number of aromatic nitrogens is 1. The SMILES string of the molecule is COc1ccnc(N2CCN(C(=O)CC3CSCCN3)CC2)c1. The molecular formula is C16H24N4O2S. The quantitative estimate of drug-likeness (QED) is 0.879. The fourth-order valence-electron chi connectivity index (χ4n) is 2.98. The van der Waals surface area contributed by atoms with Gasteiger partial charge in [0.1, 0.15) is 11.6 Å². The summed E-state index contributed by atoms with van der Waals surface area (Å²) in [5.74, 6) is 4.19. The molecule has 1 aromatic heterocycles. The summed E-state index contributed by atoms with van der Waals surface area (Å²) in [5.41, 5.74) is 0. The van der Waals surface area contributed by atoms with E-state index in [2.05, 4.69) is 15.2 Å². The van der Waals surface area contributed by atoms with Crippen LogP contribution in [0.15, 0.2) is 18.3 Å². The van der Waals surface area contributed by atoms with E-state index < -0.39 is 0 Å². The monoisotopic (exact) mass is 336 g/mol. The van der Waals surface area contributed by atoms with Gasteiger partial charge in [0.05, 0.1) is 7.11 Å². The molecule has 2 fully saturated rings. The Morgan fingerprint density at radius 3 is 2.96 bits per heavy atom. The number of anilines is 1. The average Bonchev–Trinajstić information content (AvgIpc) is 2.63. The zero-order chi connectivity index (χ0) is 16.1. The highest BCUT2D eigenvalue weighted by molar-refractivity contribution is 7.99. The Hall–Kier alpha value is -1.47. The van der Waals surface area contributed by atoms with Crippen molar-refractivity contribution < 1.29 is 9.53 Å². The summed E-state index contributed by atoms with van der Waals surface area (Å²) in [7, 11) is 1.66. The number of ether oxygens (including phenoxy) is 1. The molecule has 1 unspecified atom stereocenters. The van der Waals surface area contributed by atoms with Crippen LogP contribution in [0.25, 0.3) is 0 Å². The second kappa shape index (κ2) is 7.88. The Bertz CT molecular complexity index is 529. The van der Waals surface area contributed by atoms with Gasteiger partial charge < -0.3 is 19.9 Å². The molecule has 126 valence electrons. The number of pyridine rings is 1. The zero-order valence-electron chi connectivity index (χ0n) is 13.5. The minimum Gasteiger partial charge on any atom is -0.497 e. The van der Waals surface area contributed by atoms with Gasteiger partial charge in [0.2, 0.25) is 5.91 Å². The molecule has 0 bridgehead atoms. The van der Waals surface area contributed by atoms with Crippen molar-refractivity contribution in [2.45, 2.75) is 12.5 Å². The molecule has 1 atom stereocenters. The maximum absolute atomic E-state index is 12.4. The van der Waals surface area contributed by atoms with E-state index in [-0.39, 0.29) is 5.91 Å². The highest BCUT2D eigenvalue weighted by Gasteiger charge is 2.25. The third-order valence-electron chi connectivity index (χ3n) is 4.33. The third-order valence-corrected chi connectivity index (χ3v) is 5.46. The molecule has 3 rings (SSSR count). The van der Waals surface area contributed by atoms with Crippen LogP contribution in [0.1, 0.15) is 6.42 Å². The van der Waals surface area contributed by atoms with Crippen LogP contribution in [0, 0.1) is 0 Å². The molecule has 1 N–H and O–H groups in total. The number of methoxy groups -OCH3 is 1. The van der Waals surface area contributed by atoms with Crippen molar-refractivity contribution in [1.82, 2.24) is 15.2 Å². The lowest BCUT2D eigenvalue weighted by atomic mass is 10.2. The molecule has 1 aromatic rings. The molecule has 23 heavy (non-hydrogen) atoms. The van der Waals surface area contributed by atoms with E-state index >= 15 is 0 Å². The minimum absolute atomic E-state index is 0.267. The normalized spacial score (nSPS) is 22.0. The Morgan fingerprint density at radius 1 is 1.43 bits per heavy atom. The number of rotatable bonds is 4. The maximum Gasteiger partial charge on any atom is 0.224 e. The van der Waals surface area contributed by atoms with E-state index in [1.54, 1.807) is 13.3 Å². The molecule has 2 saturated heterocycles. The summed E-state index contributed by atoms with van der Waals surface area (Å²) in [4.78, 5) is 21.0. The largest absolute Gasteiger partial charge is 0.497 e. The van der Waals surface area contributed by atoms with Gasteiger partial charge in [0.25, 0.3) is 0 Å². The van der Waals surface area contributed by atoms with E-state index in [0.717, 1.165) is 55.8 Å².